The van der Waals surface area contributed by atoms with E-state index in [1.54, 1.807) is 32.3 Å². The standard InChI is InChI=1S/C16H19N3O4/c1-4-23-16(21)14-13-8-18(2)15(20)11-7-10(22-3)5-6-12(11)19(13)9-17-14/h5-6,9-10H,4,7-8H2,1-3H3/p+1. The van der Waals surface area contributed by atoms with Crippen LogP contribution in [-0.4, -0.2) is 56.5 Å². The smallest absolute Gasteiger partial charge is 0.363 e. The highest BCUT2D eigenvalue weighted by Gasteiger charge is 2.41. The van der Waals surface area contributed by atoms with Crippen LogP contribution >= 0.6 is 0 Å². The zero-order chi connectivity index (χ0) is 16.6. The van der Waals surface area contributed by atoms with E-state index in [0.29, 0.717) is 25.1 Å². The summed E-state index contributed by atoms with van der Waals surface area (Å²) < 4.78 is 10.4. The summed E-state index contributed by atoms with van der Waals surface area (Å²) >= 11 is 0. The van der Waals surface area contributed by atoms with Crippen molar-refractivity contribution in [3.63, 3.8) is 0 Å². The van der Waals surface area contributed by atoms with E-state index >= 15 is 0 Å². The number of carbonyl (C=O) groups is 2. The molecule has 7 nitrogen and oxygen atoms in total. The number of fused-ring (bicyclic) bond motifs is 2. The molecule has 23 heavy (non-hydrogen) atoms. The van der Waals surface area contributed by atoms with Crippen LogP contribution in [-0.2, 0) is 19.1 Å². The van der Waals surface area contributed by atoms with Crippen LogP contribution in [0.15, 0.2) is 39.8 Å². The first-order chi connectivity index (χ1) is 11.1. The molecule has 0 saturated carbocycles. The van der Waals surface area contributed by atoms with Crippen LogP contribution in [0, 0.1) is 0 Å². The van der Waals surface area contributed by atoms with Crippen molar-refractivity contribution in [3.8, 4) is 0 Å². The molecule has 0 bridgehead atoms. The van der Waals surface area contributed by atoms with Gasteiger partial charge in [0.15, 0.2) is 17.7 Å². The normalized spacial score (nSPS) is 26.4. The third-order valence-electron chi connectivity index (χ3n) is 4.20. The van der Waals surface area contributed by atoms with Crippen molar-refractivity contribution in [2.24, 2.45) is 4.99 Å². The molecule has 0 fully saturated rings. The lowest BCUT2D eigenvalue weighted by atomic mass is 9.98. The predicted molar refractivity (Wildman–Crippen MR) is 82.3 cm³/mol. The second kappa shape index (κ2) is 6.10. The Labute approximate surface area is 134 Å². The predicted octanol–water partition coefficient (Wildman–Crippen LogP) is -0.611. The van der Waals surface area contributed by atoms with E-state index in [-0.39, 0.29) is 17.7 Å². The molecule has 2 unspecified atom stereocenters. The van der Waals surface area contributed by atoms with E-state index in [4.69, 9.17) is 9.47 Å². The minimum Gasteiger partial charge on any atom is -0.461 e. The molecule has 2 heterocycles. The van der Waals surface area contributed by atoms with Gasteiger partial charge in [-0.25, -0.2) is 9.69 Å². The van der Waals surface area contributed by atoms with Crippen LogP contribution in [0.1, 0.15) is 13.3 Å². The highest BCUT2D eigenvalue weighted by Crippen LogP contribution is 2.24. The van der Waals surface area contributed by atoms with Gasteiger partial charge in [0.1, 0.15) is 0 Å². The fourth-order valence-corrected chi connectivity index (χ4v) is 3.02. The number of hydrogen-bond acceptors (Lipinski definition) is 5. The first-order valence-electron chi connectivity index (χ1n) is 7.58. The number of aliphatic imine (C=N–C) groups is 1. The molecule has 3 aliphatic rings. The maximum Gasteiger partial charge on any atom is 0.363 e. The summed E-state index contributed by atoms with van der Waals surface area (Å²) in [6.07, 6.45) is 5.88. The van der Waals surface area contributed by atoms with Crippen LogP contribution in [0.4, 0.5) is 0 Å². The number of ether oxygens (including phenoxy) is 2. The molecule has 0 aromatic rings. The van der Waals surface area contributed by atoms with Crippen molar-refractivity contribution < 1.29 is 24.0 Å². The van der Waals surface area contributed by atoms with Gasteiger partial charge < -0.3 is 14.4 Å². The van der Waals surface area contributed by atoms with Gasteiger partial charge in [-0.15, -0.1) is 0 Å². The van der Waals surface area contributed by atoms with E-state index in [0.717, 1.165) is 16.3 Å². The van der Waals surface area contributed by atoms with E-state index in [9.17, 15) is 9.59 Å². The first-order valence-corrected chi connectivity index (χ1v) is 7.58. The summed E-state index contributed by atoms with van der Waals surface area (Å²) in [7, 11) is 3.35. The molecule has 7 heteroatoms. The average molecular weight is 318 g/mol. The summed E-state index contributed by atoms with van der Waals surface area (Å²) in [5.41, 5.74) is 2.55. The Balaban J connectivity index is 2.04. The quantitative estimate of drug-likeness (QED) is 0.705. The summed E-state index contributed by atoms with van der Waals surface area (Å²) in [4.78, 5) is 31.4. The molecule has 122 valence electrons. The van der Waals surface area contributed by atoms with E-state index in [1.165, 1.54) is 0 Å². The second-order valence-corrected chi connectivity index (χ2v) is 5.61. The molecular formula is C16H20N3O4+. The Morgan fingerprint density at radius 2 is 2.30 bits per heavy atom. The number of esters is 1. The minimum atomic E-state index is -0.451. The van der Waals surface area contributed by atoms with Crippen molar-refractivity contribution in [2.45, 2.75) is 19.4 Å². The van der Waals surface area contributed by atoms with Crippen molar-refractivity contribution in [1.29, 1.82) is 0 Å². The third-order valence-corrected chi connectivity index (χ3v) is 4.20. The SMILES string of the molecule is CCOC(=O)C1=C2CN(C)C(=O)C3=C(C=CC(OC)C3)[NH+]2C=N1. The maximum absolute atomic E-state index is 12.7. The number of quaternary nitrogens is 1. The zero-order valence-electron chi connectivity index (χ0n) is 13.5. The van der Waals surface area contributed by atoms with Crippen LogP contribution < -0.4 is 4.90 Å². The van der Waals surface area contributed by atoms with Crippen LogP contribution in [0.25, 0.3) is 0 Å². The van der Waals surface area contributed by atoms with Crippen molar-refractivity contribution in [3.05, 3.63) is 34.8 Å². The van der Waals surface area contributed by atoms with E-state index < -0.39 is 5.97 Å². The molecule has 0 radical (unpaired) electrons. The Hall–Kier alpha value is -2.25. The molecule has 3 rings (SSSR count). The van der Waals surface area contributed by atoms with Gasteiger partial charge in [-0.2, -0.15) is 4.99 Å². The fraction of sp³-hybridized carbons (Fsp3) is 0.438. The molecule has 0 aromatic carbocycles. The molecule has 1 N–H and O–H groups in total. The summed E-state index contributed by atoms with van der Waals surface area (Å²) in [6.45, 7) is 2.38. The Morgan fingerprint density at radius 1 is 1.52 bits per heavy atom. The first kappa shape index (κ1) is 15.6. The van der Waals surface area contributed by atoms with Crippen molar-refractivity contribution in [1.82, 2.24) is 4.90 Å². The summed E-state index contributed by atoms with van der Waals surface area (Å²) in [6, 6.07) is 0. The number of nitrogens with one attached hydrogen (secondary N) is 1. The number of rotatable bonds is 3. The van der Waals surface area contributed by atoms with Gasteiger partial charge in [0, 0.05) is 20.6 Å². The number of hydrogen-bond donors (Lipinski definition) is 1. The molecular weight excluding hydrogens is 298 g/mol. The van der Waals surface area contributed by atoms with Crippen LogP contribution in [0.5, 0.6) is 0 Å². The number of amides is 1. The number of likely N-dealkylation sites (N-methyl/N-ethyl adjacent to an activating group) is 1. The number of methoxy groups -OCH3 is 1. The van der Waals surface area contributed by atoms with Gasteiger partial charge in [-0.3, -0.25) is 4.79 Å². The fourth-order valence-electron chi connectivity index (χ4n) is 3.02. The molecule has 1 amide bonds. The highest BCUT2D eigenvalue weighted by atomic mass is 16.5. The second-order valence-electron chi connectivity index (χ2n) is 5.61. The Morgan fingerprint density at radius 3 is 3.00 bits per heavy atom. The third kappa shape index (κ3) is 2.62. The Kier molecular flexibility index (Phi) is 4.14. The topological polar surface area (TPSA) is 72.6 Å². The molecule has 2 atom stereocenters. The highest BCUT2D eigenvalue weighted by molar-refractivity contribution is 5.96. The lowest BCUT2D eigenvalue weighted by Gasteiger charge is -2.20. The van der Waals surface area contributed by atoms with Gasteiger partial charge >= 0.3 is 5.97 Å². The monoisotopic (exact) mass is 318 g/mol. The van der Waals surface area contributed by atoms with Crippen LogP contribution in [0.3, 0.4) is 0 Å². The zero-order valence-corrected chi connectivity index (χ0v) is 13.5. The number of carbonyl (C=O) groups excluding carboxylic acids is 2. The summed E-state index contributed by atoms with van der Waals surface area (Å²) in [5, 5.41) is 0. The van der Waals surface area contributed by atoms with Gasteiger partial charge in [0.05, 0.1) is 24.8 Å². The van der Waals surface area contributed by atoms with E-state index in [1.807, 2.05) is 12.2 Å². The lowest BCUT2D eigenvalue weighted by molar-refractivity contribution is -0.703. The molecule has 0 saturated heterocycles. The lowest BCUT2D eigenvalue weighted by Crippen LogP contribution is -3.07. The molecule has 2 aliphatic heterocycles. The van der Waals surface area contributed by atoms with Gasteiger partial charge in [-0.1, -0.05) is 0 Å². The minimum absolute atomic E-state index is 0.0441. The van der Waals surface area contributed by atoms with Crippen molar-refractivity contribution in [2.75, 3.05) is 27.3 Å². The molecule has 0 aromatic heterocycles. The van der Waals surface area contributed by atoms with Gasteiger partial charge in [-0.05, 0) is 19.1 Å². The average Bonchev–Trinajstić information content (AvgIpc) is 2.93. The number of nitrogens with zero attached hydrogens (tertiary/aromatic N) is 2. The van der Waals surface area contributed by atoms with Crippen molar-refractivity contribution >= 4 is 18.2 Å². The van der Waals surface area contributed by atoms with Gasteiger partial charge in [0.2, 0.25) is 5.70 Å². The van der Waals surface area contributed by atoms with Gasteiger partial charge in [0.25, 0.3) is 5.91 Å². The maximum atomic E-state index is 12.7. The Bertz CT molecular complexity index is 675. The summed E-state index contributed by atoms with van der Waals surface area (Å²) in [5.74, 6) is -0.495. The van der Waals surface area contributed by atoms with E-state index in [2.05, 4.69) is 4.99 Å². The molecule has 1 aliphatic carbocycles. The molecule has 0 spiro atoms. The number of allylic oxidation sites excluding steroid dienone is 1. The largest absolute Gasteiger partial charge is 0.461 e. The van der Waals surface area contributed by atoms with Crippen LogP contribution in [0.2, 0.25) is 0 Å².